The summed E-state index contributed by atoms with van der Waals surface area (Å²) in [6, 6.07) is 31.0. The van der Waals surface area contributed by atoms with E-state index >= 15 is 0 Å². The maximum Gasteiger partial charge on any atom is 0.195 e. The van der Waals surface area contributed by atoms with E-state index in [9.17, 15) is 4.79 Å². The van der Waals surface area contributed by atoms with E-state index in [0.717, 1.165) is 37.2 Å². The summed E-state index contributed by atoms with van der Waals surface area (Å²) in [6.07, 6.45) is 0. The molecule has 1 aliphatic heterocycles. The van der Waals surface area contributed by atoms with E-state index in [1.165, 1.54) is 9.79 Å². The van der Waals surface area contributed by atoms with E-state index in [-0.39, 0.29) is 5.43 Å². The van der Waals surface area contributed by atoms with Crippen LogP contribution in [0.15, 0.2) is 106 Å². The number of hydrogen-bond acceptors (Lipinski definition) is 4. The van der Waals surface area contributed by atoms with Crippen LogP contribution in [0.25, 0.3) is 20.2 Å². The molecular weight excluding hydrogens is 394 g/mol. The molecule has 4 aromatic carbocycles. The van der Waals surface area contributed by atoms with Crippen LogP contribution in [0.3, 0.4) is 0 Å². The average Bonchev–Trinajstić information content (AvgIpc) is 2.77. The lowest BCUT2D eigenvalue weighted by Gasteiger charge is -2.32. The molecule has 29 heavy (non-hydrogen) atoms. The van der Waals surface area contributed by atoms with Gasteiger partial charge in [0.1, 0.15) is 0 Å². The van der Waals surface area contributed by atoms with Crippen LogP contribution in [0, 0.1) is 0 Å². The smallest absolute Gasteiger partial charge is 0.195 e. The van der Waals surface area contributed by atoms with Crippen molar-refractivity contribution in [2.75, 3.05) is 4.90 Å². The second-order valence-electron chi connectivity index (χ2n) is 6.98. The summed E-state index contributed by atoms with van der Waals surface area (Å²) >= 11 is 3.46. The first kappa shape index (κ1) is 16.8. The standard InChI is InChI=1S/C25H15NOS2/c27-25-17-7-1-4-10-21(17)28-22-14-13-16(15-18(22)25)26-19-8-2-5-11-23(19)29-24-12-6-3-9-20(24)26/h1-15H. The van der Waals surface area contributed by atoms with Crippen LogP contribution >= 0.6 is 23.1 Å². The molecule has 6 rings (SSSR count). The molecule has 2 heterocycles. The molecule has 0 radical (unpaired) electrons. The second kappa shape index (κ2) is 6.48. The summed E-state index contributed by atoms with van der Waals surface area (Å²) in [5.41, 5.74) is 3.40. The summed E-state index contributed by atoms with van der Waals surface area (Å²) < 4.78 is 2.05. The third-order valence-electron chi connectivity index (χ3n) is 5.25. The van der Waals surface area contributed by atoms with Crippen LogP contribution in [0.1, 0.15) is 0 Å². The number of nitrogens with zero attached hydrogens (tertiary/aromatic N) is 1. The highest BCUT2D eigenvalue weighted by Gasteiger charge is 2.24. The van der Waals surface area contributed by atoms with Gasteiger partial charge in [-0.3, -0.25) is 4.79 Å². The summed E-state index contributed by atoms with van der Waals surface area (Å²) in [6.45, 7) is 0. The Labute approximate surface area is 176 Å². The highest BCUT2D eigenvalue weighted by molar-refractivity contribution is 7.99. The molecule has 0 fully saturated rings. The molecule has 5 aromatic rings. The number of fused-ring (bicyclic) bond motifs is 4. The van der Waals surface area contributed by atoms with Crippen LogP contribution in [0.2, 0.25) is 0 Å². The number of benzene rings is 4. The largest absolute Gasteiger partial charge is 0.308 e. The van der Waals surface area contributed by atoms with E-state index in [1.54, 1.807) is 23.1 Å². The topological polar surface area (TPSA) is 20.3 Å². The molecule has 1 aromatic heterocycles. The molecule has 0 atom stereocenters. The monoisotopic (exact) mass is 409 g/mol. The predicted octanol–water partition coefficient (Wildman–Crippen LogP) is 7.35. The molecule has 0 saturated carbocycles. The molecule has 0 unspecified atom stereocenters. The molecule has 0 spiro atoms. The summed E-state index contributed by atoms with van der Waals surface area (Å²) in [5, 5.41) is 1.57. The number of hydrogen-bond donors (Lipinski definition) is 0. The maximum atomic E-state index is 13.2. The van der Waals surface area contributed by atoms with Crippen molar-refractivity contribution < 1.29 is 0 Å². The summed E-state index contributed by atoms with van der Waals surface area (Å²) in [4.78, 5) is 17.9. The van der Waals surface area contributed by atoms with E-state index < -0.39 is 0 Å². The quantitative estimate of drug-likeness (QED) is 0.265. The fraction of sp³-hybridized carbons (Fsp3) is 0. The van der Waals surface area contributed by atoms with Crippen LogP contribution in [0.5, 0.6) is 0 Å². The predicted molar refractivity (Wildman–Crippen MR) is 124 cm³/mol. The zero-order chi connectivity index (χ0) is 19.4. The van der Waals surface area contributed by atoms with Crippen molar-refractivity contribution >= 4 is 60.3 Å². The van der Waals surface area contributed by atoms with E-state index in [1.807, 2.05) is 30.3 Å². The number of para-hydroxylation sites is 2. The Morgan fingerprint density at radius 2 is 1.24 bits per heavy atom. The minimum absolute atomic E-state index is 0.101. The van der Waals surface area contributed by atoms with Crippen molar-refractivity contribution in [3.8, 4) is 0 Å². The van der Waals surface area contributed by atoms with Crippen LogP contribution in [-0.4, -0.2) is 0 Å². The Balaban J connectivity index is 1.64. The van der Waals surface area contributed by atoms with Gasteiger partial charge in [0.2, 0.25) is 0 Å². The van der Waals surface area contributed by atoms with Crippen LogP contribution in [-0.2, 0) is 0 Å². The normalized spacial score (nSPS) is 12.8. The molecule has 0 bridgehead atoms. The Hall–Kier alpha value is -3.08. The zero-order valence-corrected chi connectivity index (χ0v) is 17.0. The van der Waals surface area contributed by atoms with Gasteiger partial charge in [0, 0.05) is 35.7 Å². The number of rotatable bonds is 1. The second-order valence-corrected chi connectivity index (χ2v) is 9.15. The van der Waals surface area contributed by atoms with Gasteiger partial charge in [0.05, 0.1) is 11.4 Å². The molecular formula is C25H15NOS2. The van der Waals surface area contributed by atoms with Gasteiger partial charge in [-0.25, -0.2) is 0 Å². The van der Waals surface area contributed by atoms with Crippen LogP contribution < -0.4 is 10.3 Å². The number of anilines is 3. The van der Waals surface area contributed by atoms with Gasteiger partial charge in [0.25, 0.3) is 0 Å². The first-order valence-electron chi connectivity index (χ1n) is 9.41. The van der Waals surface area contributed by atoms with Gasteiger partial charge in [-0.1, -0.05) is 48.2 Å². The van der Waals surface area contributed by atoms with Crippen molar-refractivity contribution in [3.05, 3.63) is 101 Å². The molecule has 0 N–H and O–H groups in total. The Kier molecular flexibility index (Phi) is 3.76. The maximum absolute atomic E-state index is 13.2. The highest BCUT2D eigenvalue weighted by atomic mass is 32.2. The van der Waals surface area contributed by atoms with Crippen molar-refractivity contribution in [3.63, 3.8) is 0 Å². The third kappa shape index (κ3) is 2.60. The van der Waals surface area contributed by atoms with Crippen molar-refractivity contribution in [2.45, 2.75) is 9.79 Å². The van der Waals surface area contributed by atoms with E-state index in [2.05, 4.69) is 65.6 Å². The average molecular weight is 410 g/mol. The molecule has 0 amide bonds. The highest BCUT2D eigenvalue weighted by Crippen LogP contribution is 2.51. The van der Waals surface area contributed by atoms with Crippen molar-refractivity contribution in [2.24, 2.45) is 0 Å². The van der Waals surface area contributed by atoms with Crippen molar-refractivity contribution in [1.82, 2.24) is 0 Å². The Bertz CT molecular complexity index is 1430. The molecule has 1 aliphatic rings. The lowest BCUT2D eigenvalue weighted by atomic mass is 10.1. The molecule has 2 nitrogen and oxygen atoms in total. The fourth-order valence-electron chi connectivity index (χ4n) is 3.91. The minimum Gasteiger partial charge on any atom is -0.308 e. The molecule has 4 heteroatoms. The van der Waals surface area contributed by atoms with Gasteiger partial charge >= 0.3 is 0 Å². The van der Waals surface area contributed by atoms with Gasteiger partial charge in [0.15, 0.2) is 5.43 Å². The third-order valence-corrected chi connectivity index (χ3v) is 7.53. The summed E-state index contributed by atoms with van der Waals surface area (Å²) in [7, 11) is 0. The van der Waals surface area contributed by atoms with Gasteiger partial charge in [-0.2, -0.15) is 0 Å². The van der Waals surface area contributed by atoms with Crippen molar-refractivity contribution in [1.29, 1.82) is 0 Å². The Morgan fingerprint density at radius 1 is 0.621 bits per heavy atom. The zero-order valence-electron chi connectivity index (χ0n) is 15.3. The minimum atomic E-state index is 0.101. The molecule has 0 aliphatic carbocycles. The summed E-state index contributed by atoms with van der Waals surface area (Å²) in [5.74, 6) is 0. The van der Waals surface area contributed by atoms with Gasteiger partial charge < -0.3 is 4.90 Å². The van der Waals surface area contributed by atoms with Crippen LogP contribution in [0.4, 0.5) is 17.1 Å². The van der Waals surface area contributed by atoms with Gasteiger partial charge in [-0.15, -0.1) is 11.3 Å². The van der Waals surface area contributed by atoms with Gasteiger partial charge in [-0.05, 0) is 54.6 Å². The van der Waals surface area contributed by atoms with E-state index in [0.29, 0.717) is 0 Å². The first-order chi connectivity index (χ1) is 14.3. The SMILES string of the molecule is O=c1c2ccccc2sc2ccc(N3c4ccccc4Sc4ccccc43)cc12. The fourth-order valence-corrected chi connectivity index (χ4v) is 6.02. The molecule has 0 saturated heterocycles. The lowest BCUT2D eigenvalue weighted by Crippen LogP contribution is -2.15. The first-order valence-corrected chi connectivity index (χ1v) is 11.0. The lowest BCUT2D eigenvalue weighted by molar-refractivity contribution is 1.17. The molecule has 138 valence electrons. The Morgan fingerprint density at radius 3 is 2.00 bits per heavy atom. The van der Waals surface area contributed by atoms with E-state index in [4.69, 9.17) is 0 Å².